The summed E-state index contributed by atoms with van der Waals surface area (Å²) >= 11 is 0. The van der Waals surface area contributed by atoms with Gasteiger partial charge in [0, 0.05) is 64.6 Å². The summed E-state index contributed by atoms with van der Waals surface area (Å²) in [6.45, 7) is 0. The van der Waals surface area contributed by atoms with Crippen LogP contribution in [-0.4, -0.2) is 18.3 Å². The number of rotatable bonds is 5. The van der Waals surface area contributed by atoms with Gasteiger partial charge in [-0.3, -0.25) is 0 Å². The summed E-state index contributed by atoms with van der Waals surface area (Å²) in [4.78, 5) is 0. The van der Waals surface area contributed by atoms with E-state index in [1.165, 1.54) is 142 Å². The monoisotopic (exact) mass is 1010 g/mol. The summed E-state index contributed by atoms with van der Waals surface area (Å²) in [7, 11) is 0. The average Bonchev–Trinajstić information content (AvgIpc) is 4.38. The highest BCUT2D eigenvalue weighted by Gasteiger charge is 2.24. The van der Waals surface area contributed by atoms with Crippen molar-refractivity contribution in [3.63, 3.8) is 0 Å². The molecule has 4 nitrogen and oxygen atoms in total. The van der Waals surface area contributed by atoms with Crippen molar-refractivity contribution < 1.29 is 0 Å². The van der Waals surface area contributed by atoms with Crippen LogP contribution in [-0.2, 0) is 0 Å². The van der Waals surface area contributed by atoms with E-state index in [2.05, 4.69) is 297 Å². The second-order valence-electron chi connectivity index (χ2n) is 21.6. The first kappa shape index (κ1) is 43.4. The van der Waals surface area contributed by atoms with Crippen LogP contribution in [0.3, 0.4) is 0 Å². The zero-order valence-corrected chi connectivity index (χ0v) is 43.3. The Kier molecular flexibility index (Phi) is 8.91. The fourth-order valence-electron chi connectivity index (χ4n) is 14.0. The van der Waals surface area contributed by atoms with Gasteiger partial charge < -0.3 is 18.3 Å². The van der Waals surface area contributed by atoms with Crippen LogP contribution in [0.15, 0.2) is 279 Å². The van der Waals surface area contributed by atoms with Gasteiger partial charge in [-0.25, -0.2) is 0 Å². The minimum atomic E-state index is 1.16. The van der Waals surface area contributed by atoms with Gasteiger partial charge in [-0.2, -0.15) is 0 Å². The number of benzene rings is 14. The molecule has 4 aromatic heterocycles. The van der Waals surface area contributed by atoms with E-state index in [0.29, 0.717) is 0 Å². The summed E-state index contributed by atoms with van der Waals surface area (Å²) in [5, 5.41) is 19.6. The number of nitrogens with zero attached hydrogens (tertiary/aromatic N) is 4. The quantitative estimate of drug-likeness (QED) is 0.164. The minimum Gasteiger partial charge on any atom is -0.309 e. The Morgan fingerprint density at radius 3 is 0.713 bits per heavy atom. The average molecular weight is 1020 g/mol. The van der Waals surface area contributed by atoms with Gasteiger partial charge in [-0.1, -0.05) is 206 Å². The molecular formula is C76H46N4. The maximum Gasteiger partial charge on any atom is 0.0549 e. The van der Waals surface area contributed by atoms with E-state index in [1.54, 1.807) is 0 Å². The van der Waals surface area contributed by atoms with Crippen molar-refractivity contribution in [2.75, 3.05) is 0 Å². The van der Waals surface area contributed by atoms with Crippen LogP contribution in [0.2, 0.25) is 0 Å². The summed E-state index contributed by atoms with van der Waals surface area (Å²) < 4.78 is 10.0. The van der Waals surface area contributed by atoms with E-state index in [0.717, 1.165) is 22.5 Å². The third-order valence-electron chi connectivity index (χ3n) is 17.5. The molecule has 370 valence electrons. The lowest BCUT2D eigenvalue weighted by Crippen LogP contribution is -1.97. The molecule has 0 saturated heterocycles. The Hall–Kier alpha value is -10.7. The maximum atomic E-state index is 2.53. The van der Waals surface area contributed by atoms with Gasteiger partial charge >= 0.3 is 0 Å². The molecule has 14 aromatic carbocycles. The van der Waals surface area contributed by atoms with Crippen molar-refractivity contribution in [1.29, 1.82) is 0 Å². The maximum absolute atomic E-state index is 2.53. The molecule has 0 unspecified atom stereocenters. The molecule has 0 bridgehead atoms. The van der Waals surface area contributed by atoms with Gasteiger partial charge in [0.25, 0.3) is 0 Å². The van der Waals surface area contributed by atoms with E-state index >= 15 is 0 Å². The first-order valence-corrected chi connectivity index (χ1v) is 27.7. The molecule has 0 atom stereocenters. The van der Waals surface area contributed by atoms with Gasteiger partial charge in [-0.05, 0) is 105 Å². The van der Waals surface area contributed by atoms with Crippen molar-refractivity contribution in [3.05, 3.63) is 279 Å². The molecule has 0 spiro atoms. The minimum absolute atomic E-state index is 1.16. The molecule has 18 rings (SSSR count). The first-order valence-electron chi connectivity index (χ1n) is 27.7. The lowest BCUT2D eigenvalue weighted by atomic mass is 10.0. The predicted molar refractivity (Wildman–Crippen MR) is 339 cm³/mol. The fraction of sp³-hybridized carbons (Fsp3) is 0. The molecule has 0 radical (unpaired) electrons. The highest BCUT2D eigenvalue weighted by molar-refractivity contribution is 6.22. The molecule has 0 fully saturated rings. The number of fused-ring (bicyclic) bond motifs is 16. The highest BCUT2D eigenvalue weighted by atomic mass is 15.0. The molecule has 0 saturated carbocycles. The van der Waals surface area contributed by atoms with E-state index < -0.39 is 0 Å². The molecule has 0 amide bonds. The largest absolute Gasteiger partial charge is 0.309 e. The van der Waals surface area contributed by atoms with Crippen LogP contribution in [0.4, 0.5) is 0 Å². The first-order chi connectivity index (χ1) is 39.7. The highest BCUT2D eigenvalue weighted by Crippen LogP contribution is 2.46. The lowest BCUT2D eigenvalue weighted by molar-refractivity contribution is 1.19. The molecule has 0 aliphatic rings. The number of hydrogen-bond donors (Lipinski definition) is 0. The molecule has 0 aliphatic carbocycles. The second-order valence-corrected chi connectivity index (χ2v) is 21.6. The standard InChI is InChI=1S/C76H46N4/c1-5-25-53-47(17-1)21-13-33-65(53)77-69-31-11-9-29-57(69)61-43-75-63(45-73(61)77)59-39-37-51(41-71(59)79(75)67-35-15-23-49-19-3-7-27-55(49)67)52-38-40-60-64-46-74-62(44-76(64)80(72(60)42-52)68-36-16-24-50-20-4-8-28-56(50)68)58-30-10-12-32-70(58)78(74)66-34-14-22-48-18-2-6-26-54(48)66/h1-46H. The van der Waals surface area contributed by atoms with Crippen molar-refractivity contribution >= 4 is 130 Å². The van der Waals surface area contributed by atoms with Gasteiger partial charge in [0.2, 0.25) is 0 Å². The molecule has 4 heterocycles. The second kappa shape index (κ2) is 16.4. The summed E-state index contributed by atoms with van der Waals surface area (Å²) in [6.07, 6.45) is 0. The Bertz CT molecular complexity index is 5310. The Labute approximate surface area is 459 Å². The third-order valence-corrected chi connectivity index (χ3v) is 17.5. The summed E-state index contributed by atoms with van der Waals surface area (Å²) in [5.74, 6) is 0. The van der Waals surface area contributed by atoms with Crippen LogP contribution >= 0.6 is 0 Å². The van der Waals surface area contributed by atoms with Crippen molar-refractivity contribution in [3.8, 4) is 33.9 Å². The predicted octanol–water partition coefficient (Wildman–Crippen LogP) is 20.4. The molecule has 0 N–H and O–H groups in total. The van der Waals surface area contributed by atoms with Crippen molar-refractivity contribution in [2.24, 2.45) is 0 Å². The smallest absolute Gasteiger partial charge is 0.0549 e. The summed E-state index contributed by atoms with van der Waals surface area (Å²) in [5.41, 5.74) is 16.5. The zero-order chi connectivity index (χ0) is 52.2. The van der Waals surface area contributed by atoms with Crippen molar-refractivity contribution in [2.45, 2.75) is 0 Å². The topological polar surface area (TPSA) is 19.7 Å². The van der Waals surface area contributed by atoms with E-state index in [4.69, 9.17) is 0 Å². The fourth-order valence-corrected chi connectivity index (χ4v) is 14.0. The molecule has 4 heteroatoms. The molecular weight excluding hydrogens is 969 g/mol. The Morgan fingerprint density at radius 2 is 0.388 bits per heavy atom. The van der Waals surface area contributed by atoms with Crippen LogP contribution in [0, 0.1) is 0 Å². The number of hydrogen-bond acceptors (Lipinski definition) is 0. The van der Waals surface area contributed by atoms with Crippen LogP contribution in [0.25, 0.3) is 164 Å². The normalized spacial score (nSPS) is 12.2. The van der Waals surface area contributed by atoms with E-state index in [1.807, 2.05) is 0 Å². The zero-order valence-electron chi connectivity index (χ0n) is 43.3. The molecule has 0 aliphatic heterocycles. The van der Waals surface area contributed by atoms with Gasteiger partial charge in [0.1, 0.15) is 0 Å². The summed E-state index contributed by atoms with van der Waals surface area (Å²) in [6, 6.07) is 104. The van der Waals surface area contributed by atoms with E-state index in [-0.39, 0.29) is 0 Å². The van der Waals surface area contributed by atoms with Gasteiger partial charge in [0.05, 0.1) is 66.9 Å². The third kappa shape index (κ3) is 6.04. The molecule has 18 aromatic rings. The lowest BCUT2D eigenvalue weighted by Gasteiger charge is -2.14. The number of para-hydroxylation sites is 2. The SMILES string of the molecule is c1ccc2c(-n3c4ccccc4c4cc5c(cc43)c3ccc(-c4ccc6c7cc8c(cc7n(-c7cccc9ccccc79)c6c4)c4ccccc4n8-c4cccc6ccccc46)cc3n5-c3cccc4ccccc34)cccc2c1. The van der Waals surface area contributed by atoms with Crippen LogP contribution < -0.4 is 0 Å². The van der Waals surface area contributed by atoms with Crippen molar-refractivity contribution in [1.82, 2.24) is 18.3 Å². The van der Waals surface area contributed by atoms with Gasteiger partial charge in [-0.15, -0.1) is 0 Å². The number of aromatic nitrogens is 4. The molecule has 80 heavy (non-hydrogen) atoms. The van der Waals surface area contributed by atoms with Gasteiger partial charge in [0.15, 0.2) is 0 Å². The van der Waals surface area contributed by atoms with E-state index in [9.17, 15) is 0 Å². The Balaban J connectivity index is 0.917. The Morgan fingerprint density at radius 1 is 0.150 bits per heavy atom. The van der Waals surface area contributed by atoms with Crippen LogP contribution in [0.1, 0.15) is 0 Å². The van der Waals surface area contributed by atoms with Crippen LogP contribution in [0.5, 0.6) is 0 Å².